The highest BCUT2D eigenvalue weighted by Gasteiger charge is 2.08. The van der Waals surface area contributed by atoms with E-state index in [1.807, 2.05) is 24.3 Å². The molecule has 3 N–H and O–H groups in total. The summed E-state index contributed by atoms with van der Waals surface area (Å²) in [6.45, 7) is 3.85. The number of carbonyl (C=O) groups is 2. The molecule has 0 saturated heterocycles. The highest BCUT2D eigenvalue weighted by molar-refractivity contribution is 5.76. The summed E-state index contributed by atoms with van der Waals surface area (Å²) >= 11 is 0. The molecule has 0 fully saturated rings. The van der Waals surface area contributed by atoms with Crippen molar-refractivity contribution in [3.8, 4) is 11.5 Å². The van der Waals surface area contributed by atoms with Crippen LogP contribution in [0.2, 0.25) is 0 Å². The average Bonchev–Trinajstić information content (AvgIpc) is 2.90. The van der Waals surface area contributed by atoms with E-state index in [-0.39, 0.29) is 38.9 Å². The van der Waals surface area contributed by atoms with Crippen LogP contribution in [0, 0.1) is 0 Å². The molecule has 37 heavy (non-hydrogen) atoms. The minimum absolute atomic E-state index is 0.0108. The summed E-state index contributed by atoms with van der Waals surface area (Å²) in [6.07, 6.45) is 7.28. The average molecular weight is 517 g/mol. The van der Waals surface area contributed by atoms with Gasteiger partial charge in [-0.2, -0.15) is 0 Å². The van der Waals surface area contributed by atoms with E-state index < -0.39 is 5.97 Å². The molecule has 0 amide bonds. The largest absolute Gasteiger partial charge is 0.488 e. The minimum atomic E-state index is -0.956. The van der Waals surface area contributed by atoms with Gasteiger partial charge in [-0.05, 0) is 30.7 Å². The first kappa shape index (κ1) is 29.8. The first-order chi connectivity index (χ1) is 18.1. The Bertz CT molecular complexity index is 923. The summed E-state index contributed by atoms with van der Waals surface area (Å²) in [5.74, 6) is -0.203. The molecule has 2 aromatic rings. The molecule has 0 atom stereocenters. The van der Waals surface area contributed by atoms with E-state index in [4.69, 9.17) is 24.1 Å². The molecule has 0 radical (unpaired) electrons. The van der Waals surface area contributed by atoms with Crippen LogP contribution in [0.25, 0.3) is 0 Å². The van der Waals surface area contributed by atoms with E-state index in [1.165, 1.54) is 32.1 Å². The van der Waals surface area contributed by atoms with Gasteiger partial charge in [-0.25, -0.2) is 0 Å². The normalized spacial score (nSPS) is 10.5. The lowest BCUT2D eigenvalue weighted by molar-refractivity contribution is -0.143. The number of para-hydroxylation sites is 4. The van der Waals surface area contributed by atoms with E-state index in [0.29, 0.717) is 36.1 Å². The van der Waals surface area contributed by atoms with Gasteiger partial charge in [0, 0.05) is 6.61 Å². The zero-order valence-corrected chi connectivity index (χ0v) is 21.7. The summed E-state index contributed by atoms with van der Waals surface area (Å²) in [5, 5.41) is 14.7. The van der Waals surface area contributed by atoms with Gasteiger partial charge in [-0.3, -0.25) is 9.59 Å². The summed E-state index contributed by atoms with van der Waals surface area (Å²) in [6, 6.07) is 14.4. The molecule has 0 aliphatic rings. The number of unbranched alkanes of at least 4 members (excludes halogenated alkanes) is 5. The number of carboxylic acid groups (broad SMARTS) is 1. The third-order valence-electron chi connectivity index (χ3n) is 5.36. The molecule has 204 valence electrons. The summed E-state index contributed by atoms with van der Waals surface area (Å²) < 4.78 is 22.3. The monoisotopic (exact) mass is 516 g/mol. The number of carbonyl (C=O) groups excluding carboxylic acids is 1. The molecule has 0 unspecified atom stereocenters. The van der Waals surface area contributed by atoms with E-state index in [1.54, 1.807) is 24.3 Å². The fourth-order valence-corrected chi connectivity index (χ4v) is 3.47. The Hall–Kier alpha value is -3.46. The molecular formula is C28H40N2O7. The Morgan fingerprint density at radius 1 is 0.703 bits per heavy atom. The van der Waals surface area contributed by atoms with Crippen LogP contribution in [-0.4, -0.2) is 63.2 Å². The van der Waals surface area contributed by atoms with Crippen LogP contribution in [0.5, 0.6) is 11.5 Å². The number of nitrogens with one attached hydrogen (secondary N) is 2. The molecular weight excluding hydrogens is 476 g/mol. The highest BCUT2D eigenvalue weighted by atomic mass is 16.6. The van der Waals surface area contributed by atoms with Gasteiger partial charge < -0.3 is 34.7 Å². The molecule has 0 heterocycles. The topological polar surface area (TPSA) is 115 Å². The lowest BCUT2D eigenvalue weighted by atomic mass is 10.1. The van der Waals surface area contributed by atoms with Crippen molar-refractivity contribution in [3.05, 3.63) is 48.5 Å². The second-order valence-electron chi connectivity index (χ2n) is 8.39. The second-order valence-corrected chi connectivity index (χ2v) is 8.39. The molecule has 2 rings (SSSR count). The number of benzene rings is 2. The molecule has 0 bridgehead atoms. The van der Waals surface area contributed by atoms with Crippen molar-refractivity contribution in [3.63, 3.8) is 0 Å². The van der Waals surface area contributed by atoms with E-state index in [9.17, 15) is 9.59 Å². The van der Waals surface area contributed by atoms with Crippen LogP contribution in [-0.2, 0) is 19.1 Å². The van der Waals surface area contributed by atoms with Gasteiger partial charge in [0.05, 0.1) is 18.0 Å². The molecule has 9 heteroatoms. The van der Waals surface area contributed by atoms with Crippen LogP contribution in [0.3, 0.4) is 0 Å². The second kappa shape index (κ2) is 18.8. The van der Waals surface area contributed by atoms with Gasteiger partial charge in [0.25, 0.3) is 0 Å². The van der Waals surface area contributed by atoms with Gasteiger partial charge in [-0.1, -0.05) is 63.3 Å². The molecule has 0 saturated carbocycles. The van der Waals surface area contributed by atoms with Gasteiger partial charge >= 0.3 is 11.9 Å². The highest BCUT2D eigenvalue weighted by Crippen LogP contribution is 2.25. The van der Waals surface area contributed by atoms with E-state index in [2.05, 4.69) is 17.6 Å². The van der Waals surface area contributed by atoms with Crippen LogP contribution in [0.15, 0.2) is 48.5 Å². The van der Waals surface area contributed by atoms with Crippen molar-refractivity contribution in [2.24, 2.45) is 0 Å². The minimum Gasteiger partial charge on any atom is -0.488 e. The van der Waals surface area contributed by atoms with Gasteiger partial charge in [-0.15, -0.1) is 0 Å². The maximum atomic E-state index is 12.1. The van der Waals surface area contributed by atoms with Gasteiger partial charge in [0.2, 0.25) is 0 Å². The maximum absolute atomic E-state index is 12.1. The number of carboxylic acids is 1. The van der Waals surface area contributed by atoms with Gasteiger partial charge in [0.15, 0.2) is 0 Å². The Labute approximate surface area is 219 Å². The van der Waals surface area contributed by atoms with E-state index >= 15 is 0 Å². The predicted octanol–water partition coefficient (Wildman–Crippen LogP) is 4.97. The quantitative estimate of drug-likeness (QED) is 0.156. The Balaban J connectivity index is 1.63. The molecule has 2 aromatic carbocycles. The fourth-order valence-electron chi connectivity index (χ4n) is 3.47. The zero-order valence-electron chi connectivity index (χ0n) is 21.7. The lowest BCUT2D eigenvalue weighted by Gasteiger charge is -2.15. The number of anilines is 2. The SMILES string of the molecule is CCCCCCCCOCCOC(=O)CNc1ccccc1OCCOc1ccccc1NCC(=O)O. The smallest absolute Gasteiger partial charge is 0.325 e. The molecule has 0 aromatic heterocycles. The molecule has 0 spiro atoms. The van der Waals surface area contributed by atoms with Crippen LogP contribution in [0.1, 0.15) is 45.4 Å². The van der Waals surface area contributed by atoms with Gasteiger partial charge in [0.1, 0.15) is 44.4 Å². The first-order valence-corrected chi connectivity index (χ1v) is 13.0. The first-order valence-electron chi connectivity index (χ1n) is 13.0. The lowest BCUT2D eigenvalue weighted by Crippen LogP contribution is -2.20. The predicted molar refractivity (Wildman–Crippen MR) is 144 cm³/mol. The standard InChI is InChI=1S/C28H40N2O7/c1-2-3-4-5-6-11-16-34-17-18-37-28(33)22-30-24-13-8-10-15-26(24)36-20-19-35-25-14-9-7-12-23(25)29-21-27(31)32/h7-10,12-15,29-30H,2-6,11,16-22H2,1H3,(H,31,32). The third-order valence-corrected chi connectivity index (χ3v) is 5.36. The summed E-state index contributed by atoms with van der Waals surface area (Å²) in [4.78, 5) is 22.9. The summed E-state index contributed by atoms with van der Waals surface area (Å²) in [5.41, 5.74) is 1.26. The Morgan fingerprint density at radius 3 is 1.89 bits per heavy atom. The third kappa shape index (κ3) is 13.4. The molecule has 9 nitrogen and oxygen atoms in total. The number of hydrogen-bond acceptors (Lipinski definition) is 8. The number of rotatable bonds is 21. The van der Waals surface area contributed by atoms with Crippen molar-refractivity contribution in [2.75, 3.05) is 56.8 Å². The van der Waals surface area contributed by atoms with Crippen LogP contribution < -0.4 is 20.1 Å². The molecule has 0 aliphatic heterocycles. The van der Waals surface area contributed by atoms with Crippen LogP contribution in [0.4, 0.5) is 11.4 Å². The number of esters is 1. The number of aliphatic carboxylic acids is 1. The fraction of sp³-hybridized carbons (Fsp3) is 0.500. The van der Waals surface area contributed by atoms with Crippen molar-refractivity contribution in [1.82, 2.24) is 0 Å². The molecule has 0 aliphatic carbocycles. The Kier molecular flexibility index (Phi) is 15.1. The zero-order chi connectivity index (χ0) is 26.6. The number of ether oxygens (including phenoxy) is 4. The van der Waals surface area contributed by atoms with Crippen molar-refractivity contribution >= 4 is 23.3 Å². The van der Waals surface area contributed by atoms with Crippen molar-refractivity contribution in [2.45, 2.75) is 45.4 Å². The number of hydrogen-bond donors (Lipinski definition) is 3. The maximum Gasteiger partial charge on any atom is 0.325 e. The van der Waals surface area contributed by atoms with Crippen LogP contribution >= 0.6 is 0 Å². The van der Waals surface area contributed by atoms with Crippen molar-refractivity contribution < 1.29 is 33.6 Å². The van der Waals surface area contributed by atoms with E-state index in [0.717, 1.165) is 6.42 Å². The summed E-state index contributed by atoms with van der Waals surface area (Å²) in [7, 11) is 0. The van der Waals surface area contributed by atoms with Crippen molar-refractivity contribution in [1.29, 1.82) is 0 Å². The Morgan fingerprint density at radius 2 is 1.27 bits per heavy atom.